The first-order chi connectivity index (χ1) is 14.0. The Hall–Kier alpha value is -2.99. The van der Waals surface area contributed by atoms with Gasteiger partial charge in [0.15, 0.2) is 0 Å². The molecule has 6 heteroatoms. The van der Waals surface area contributed by atoms with Gasteiger partial charge in [-0.2, -0.15) is 0 Å². The average Bonchev–Trinajstić information content (AvgIpc) is 3.06. The SMILES string of the molecule is Cc1cccc(NC(=O)c2c(NC(=O)c3ccccc3F)sc3c2CCCC3)c1. The molecule has 1 aliphatic carbocycles. The van der Waals surface area contributed by atoms with Gasteiger partial charge < -0.3 is 10.6 Å². The standard InChI is InChI=1S/C23H21FN2O2S/c1-14-7-6-8-15(13-14)25-22(28)20-17-10-3-5-12-19(17)29-23(20)26-21(27)16-9-2-4-11-18(16)24/h2,4,6-9,11,13H,3,5,10,12H2,1H3,(H,25,28)(H,26,27). The van der Waals surface area contributed by atoms with Crippen molar-refractivity contribution in [2.45, 2.75) is 32.6 Å². The summed E-state index contributed by atoms with van der Waals surface area (Å²) in [5.41, 5.74) is 3.20. The van der Waals surface area contributed by atoms with E-state index in [0.29, 0.717) is 16.3 Å². The fourth-order valence-electron chi connectivity index (χ4n) is 3.63. The van der Waals surface area contributed by atoms with Crippen LogP contribution in [-0.2, 0) is 12.8 Å². The van der Waals surface area contributed by atoms with Crippen molar-refractivity contribution in [2.24, 2.45) is 0 Å². The van der Waals surface area contributed by atoms with Crippen LogP contribution in [0, 0.1) is 12.7 Å². The summed E-state index contributed by atoms with van der Waals surface area (Å²) in [6, 6.07) is 13.4. The maximum atomic E-state index is 14.0. The van der Waals surface area contributed by atoms with Gasteiger partial charge in [-0.05, 0) is 68.0 Å². The molecular formula is C23H21FN2O2S. The molecule has 0 unspecified atom stereocenters. The first-order valence-electron chi connectivity index (χ1n) is 9.61. The lowest BCUT2D eigenvalue weighted by molar-refractivity contribution is 0.102. The maximum absolute atomic E-state index is 14.0. The van der Waals surface area contributed by atoms with Crippen molar-refractivity contribution in [3.63, 3.8) is 0 Å². The summed E-state index contributed by atoms with van der Waals surface area (Å²) < 4.78 is 14.0. The molecule has 0 spiro atoms. The van der Waals surface area contributed by atoms with E-state index in [1.165, 1.54) is 29.5 Å². The molecule has 2 aromatic carbocycles. The second kappa shape index (κ2) is 8.17. The van der Waals surface area contributed by atoms with Gasteiger partial charge in [0.25, 0.3) is 11.8 Å². The van der Waals surface area contributed by atoms with Crippen LogP contribution in [0.15, 0.2) is 48.5 Å². The second-order valence-electron chi connectivity index (χ2n) is 7.17. The molecule has 1 aliphatic rings. The highest BCUT2D eigenvalue weighted by atomic mass is 32.1. The molecule has 1 aromatic heterocycles. The molecule has 0 radical (unpaired) electrons. The number of benzene rings is 2. The van der Waals surface area contributed by atoms with E-state index in [0.717, 1.165) is 41.7 Å². The Balaban J connectivity index is 1.67. The molecule has 3 aromatic rings. The lowest BCUT2D eigenvalue weighted by Gasteiger charge is -2.13. The van der Waals surface area contributed by atoms with Gasteiger partial charge in [-0.15, -0.1) is 11.3 Å². The number of aryl methyl sites for hydroxylation is 2. The number of carbonyl (C=O) groups is 2. The molecule has 0 bridgehead atoms. The number of rotatable bonds is 4. The molecule has 29 heavy (non-hydrogen) atoms. The Morgan fingerprint density at radius 3 is 2.55 bits per heavy atom. The summed E-state index contributed by atoms with van der Waals surface area (Å²) in [7, 11) is 0. The van der Waals surface area contributed by atoms with Gasteiger partial charge in [-0.25, -0.2) is 4.39 Å². The third-order valence-electron chi connectivity index (χ3n) is 5.02. The Morgan fingerprint density at radius 2 is 1.76 bits per heavy atom. The van der Waals surface area contributed by atoms with Crippen molar-refractivity contribution >= 4 is 33.8 Å². The molecule has 2 amide bonds. The molecular weight excluding hydrogens is 387 g/mol. The summed E-state index contributed by atoms with van der Waals surface area (Å²) in [6.45, 7) is 1.96. The second-order valence-corrected chi connectivity index (χ2v) is 8.28. The average molecular weight is 408 g/mol. The van der Waals surface area contributed by atoms with E-state index in [1.807, 2.05) is 31.2 Å². The summed E-state index contributed by atoms with van der Waals surface area (Å²) in [5, 5.41) is 6.21. The van der Waals surface area contributed by atoms with Crippen LogP contribution in [-0.4, -0.2) is 11.8 Å². The Bertz CT molecular complexity index is 1090. The van der Waals surface area contributed by atoms with Crippen LogP contribution in [0.5, 0.6) is 0 Å². The first-order valence-corrected chi connectivity index (χ1v) is 10.4. The third kappa shape index (κ3) is 4.07. The molecule has 0 aliphatic heterocycles. The number of amides is 2. The van der Waals surface area contributed by atoms with Crippen LogP contribution in [0.25, 0.3) is 0 Å². The van der Waals surface area contributed by atoms with Crippen molar-refractivity contribution < 1.29 is 14.0 Å². The highest BCUT2D eigenvalue weighted by Crippen LogP contribution is 2.39. The molecule has 2 N–H and O–H groups in total. The number of halogens is 1. The van der Waals surface area contributed by atoms with Crippen LogP contribution in [0.1, 0.15) is 49.6 Å². The molecule has 148 valence electrons. The van der Waals surface area contributed by atoms with Crippen LogP contribution in [0.4, 0.5) is 15.1 Å². The first kappa shape index (κ1) is 19.3. The number of hydrogen-bond acceptors (Lipinski definition) is 3. The third-order valence-corrected chi connectivity index (χ3v) is 6.23. The van der Waals surface area contributed by atoms with E-state index in [2.05, 4.69) is 10.6 Å². The molecule has 0 fully saturated rings. The summed E-state index contributed by atoms with van der Waals surface area (Å²) in [4.78, 5) is 26.9. The largest absolute Gasteiger partial charge is 0.322 e. The van der Waals surface area contributed by atoms with Crippen LogP contribution >= 0.6 is 11.3 Å². The highest BCUT2D eigenvalue weighted by Gasteiger charge is 2.27. The van der Waals surface area contributed by atoms with Crippen molar-refractivity contribution in [2.75, 3.05) is 10.6 Å². The minimum atomic E-state index is -0.586. The van der Waals surface area contributed by atoms with Gasteiger partial charge in [0.1, 0.15) is 10.8 Å². The van der Waals surface area contributed by atoms with Crippen molar-refractivity contribution in [1.29, 1.82) is 0 Å². The zero-order chi connectivity index (χ0) is 20.4. The quantitative estimate of drug-likeness (QED) is 0.592. The summed E-state index contributed by atoms with van der Waals surface area (Å²) >= 11 is 1.42. The molecule has 0 saturated heterocycles. The Kier molecular flexibility index (Phi) is 5.45. The number of hydrogen-bond donors (Lipinski definition) is 2. The predicted octanol–water partition coefficient (Wildman–Crippen LogP) is 5.58. The number of carbonyl (C=O) groups excluding carboxylic acids is 2. The van der Waals surface area contributed by atoms with Gasteiger partial charge in [-0.1, -0.05) is 24.3 Å². The van der Waals surface area contributed by atoms with Crippen LogP contribution in [0.2, 0.25) is 0 Å². The lowest BCUT2D eigenvalue weighted by Crippen LogP contribution is -2.19. The zero-order valence-corrected chi connectivity index (χ0v) is 16.9. The van der Waals surface area contributed by atoms with E-state index < -0.39 is 11.7 Å². The normalized spacial score (nSPS) is 12.9. The highest BCUT2D eigenvalue weighted by molar-refractivity contribution is 7.17. The Labute approximate surface area is 172 Å². The van der Waals surface area contributed by atoms with Gasteiger partial charge in [0, 0.05) is 10.6 Å². The summed E-state index contributed by atoms with van der Waals surface area (Å²) in [6.07, 6.45) is 3.76. The monoisotopic (exact) mass is 408 g/mol. The van der Waals surface area contributed by atoms with Crippen molar-refractivity contribution in [3.05, 3.63) is 81.5 Å². The number of fused-ring (bicyclic) bond motifs is 1. The van der Waals surface area contributed by atoms with E-state index in [1.54, 1.807) is 6.07 Å². The minimum Gasteiger partial charge on any atom is -0.322 e. The lowest BCUT2D eigenvalue weighted by atomic mass is 9.95. The predicted molar refractivity (Wildman–Crippen MR) is 114 cm³/mol. The van der Waals surface area contributed by atoms with Crippen LogP contribution < -0.4 is 10.6 Å². The molecule has 0 saturated carbocycles. The molecule has 4 nitrogen and oxygen atoms in total. The van der Waals surface area contributed by atoms with Crippen molar-refractivity contribution in [1.82, 2.24) is 0 Å². The van der Waals surface area contributed by atoms with E-state index in [-0.39, 0.29) is 11.5 Å². The topological polar surface area (TPSA) is 58.2 Å². The fraction of sp³-hybridized carbons (Fsp3) is 0.217. The van der Waals surface area contributed by atoms with Gasteiger partial charge >= 0.3 is 0 Å². The number of anilines is 2. The summed E-state index contributed by atoms with van der Waals surface area (Å²) in [5.74, 6) is -1.39. The minimum absolute atomic E-state index is 0.0380. The maximum Gasteiger partial charge on any atom is 0.259 e. The van der Waals surface area contributed by atoms with Crippen molar-refractivity contribution in [3.8, 4) is 0 Å². The van der Waals surface area contributed by atoms with Crippen LogP contribution in [0.3, 0.4) is 0 Å². The molecule has 0 atom stereocenters. The van der Waals surface area contributed by atoms with Gasteiger partial charge in [0.2, 0.25) is 0 Å². The Morgan fingerprint density at radius 1 is 0.966 bits per heavy atom. The van der Waals surface area contributed by atoms with E-state index in [9.17, 15) is 14.0 Å². The number of nitrogens with one attached hydrogen (secondary N) is 2. The smallest absolute Gasteiger partial charge is 0.259 e. The zero-order valence-electron chi connectivity index (χ0n) is 16.0. The van der Waals surface area contributed by atoms with Gasteiger partial charge in [0.05, 0.1) is 11.1 Å². The van der Waals surface area contributed by atoms with E-state index >= 15 is 0 Å². The van der Waals surface area contributed by atoms with E-state index in [4.69, 9.17) is 0 Å². The molecule has 4 rings (SSSR count). The number of thiophene rings is 1. The fourth-order valence-corrected chi connectivity index (χ4v) is 4.91. The van der Waals surface area contributed by atoms with Gasteiger partial charge in [-0.3, -0.25) is 9.59 Å². The molecule has 1 heterocycles.